The Labute approximate surface area is 120 Å². The third kappa shape index (κ3) is 3.34. The van der Waals surface area contributed by atoms with Gasteiger partial charge in [0.05, 0.1) is 23.2 Å². The fraction of sp³-hybridized carbons (Fsp3) is 0.462. The Kier molecular flexibility index (Phi) is 4.49. The number of hydrogen-bond donors (Lipinski definition) is 1. The molecule has 2 atom stereocenters. The van der Waals surface area contributed by atoms with E-state index in [1.54, 1.807) is 6.92 Å². The van der Waals surface area contributed by atoms with Gasteiger partial charge in [-0.05, 0) is 13.0 Å². The number of ether oxygens (including phenoxy) is 1. The fourth-order valence-corrected chi connectivity index (χ4v) is 2.14. The van der Waals surface area contributed by atoms with E-state index in [-0.39, 0.29) is 29.9 Å². The Morgan fingerprint density at radius 3 is 2.95 bits per heavy atom. The molecular formula is C13H16FN3O4. The summed E-state index contributed by atoms with van der Waals surface area (Å²) in [5.41, 5.74) is 5.10. The Hall–Kier alpha value is -2.06. The second kappa shape index (κ2) is 6.15. The van der Waals surface area contributed by atoms with Crippen LogP contribution in [-0.2, 0) is 4.74 Å². The van der Waals surface area contributed by atoms with Crippen LogP contribution >= 0.6 is 0 Å². The molecule has 7 nitrogen and oxygen atoms in total. The van der Waals surface area contributed by atoms with Gasteiger partial charge in [-0.15, -0.1) is 0 Å². The van der Waals surface area contributed by atoms with Crippen LogP contribution in [0.1, 0.15) is 17.3 Å². The van der Waals surface area contributed by atoms with Gasteiger partial charge < -0.3 is 15.4 Å². The number of halogens is 1. The minimum atomic E-state index is -0.783. The largest absolute Gasteiger partial charge is 0.373 e. The zero-order chi connectivity index (χ0) is 15.6. The van der Waals surface area contributed by atoms with Crippen molar-refractivity contribution < 1.29 is 18.8 Å². The number of amides is 1. The lowest BCUT2D eigenvalue weighted by atomic mass is 10.1. The second-order valence-electron chi connectivity index (χ2n) is 4.94. The first kappa shape index (κ1) is 15.3. The lowest BCUT2D eigenvalue weighted by Crippen LogP contribution is -2.51. The van der Waals surface area contributed by atoms with E-state index in [4.69, 9.17) is 10.5 Å². The van der Waals surface area contributed by atoms with Gasteiger partial charge in [-0.25, -0.2) is 4.39 Å². The number of benzene rings is 1. The Morgan fingerprint density at radius 1 is 1.62 bits per heavy atom. The first-order valence-corrected chi connectivity index (χ1v) is 6.50. The number of nitrogens with zero attached hydrogens (tertiary/aromatic N) is 2. The number of hydrogen-bond acceptors (Lipinski definition) is 5. The highest BCUT2D eigenvalue weighted by molar-refractivity contribution is 5.95. The van der Waals surface area contributed by atoms with Crippen molar-refractivity contribution >= 4 is 11.6 Å². The standard InChI is InChI=1S/C13H16FN3O4/c1-8(15)12-7-16(4-5-21-12)13(18)10-6-9(17(19)20)2-3-11(10)14/h2-3,6,8,12H,4-5,7,15H2,1H3. The number of carbonyl (C=O) groups excluding carboxylic acids is 1. The van der Waals surface area contributed by atoms with Gasteiger partial charge in [0.2, 0.25) is 0 Å². The maximum Gasteiger partial charge on any atom is 0.270 e. The number of rotatable bonds is 3. The highest BCUT2D eigenvalue weighted by Gasteiger charge is 2.29. The van der Waals surface area contributed by atoms with Crippen LogP contribution in [0.2, 0.25) is 0 Å². The molecule has 1 heterocycles. The summed E-state index contributed by atoms with van der Waals surface area (Å²) in [4.78, 5) is 23.8. The number of nitro benzene ring substituents is 1. The van der Waals surface area contributed by atoms with Crippen molar-refractivity contribution in [1.82, 2.24) is 4.90 Å². The predicted octanol–water partition coefficient (Wildman–Crippen LogP) is 0.922. The van der Waals surface area contributed by atoms with Gasteiger partial charge in [0, 0.05) is 31.3 Å². The number of non-ortho nitro benzene ring substituents is 1. The Bertz CT molecular complexity index is 564. The number of morpholine rings is 1. The first-order valence-electron chi connectivity index (χ1n) is 6.50. The SMILES string of the molecule is CC(N)C1CN(C(=O)c2cc([N+](=O)[O-])ccc2F)CCO1. The lowest BCUT2D eigenvalue weighted by molar-refractivity contribution is -0.384. The van der Waals surface area contributed by atoms with Gasteiger partial charge >= 0.3 is 0 Å². The highest BCUT2D eigenvalue weighted by atomic mass is 19.1. The van der Waals surface area contributed by atoms with Gasteiger partial charge in [-0.1, -0.05) is 0 Å². The van der Waals surface area contributed by atoms with Crippen LogP contribution in [0.4, 0.5) is 10.1 Å². The van der Waals surface area contributed by atoms with E-state index in [2.05, 4.69) is 0 Å². The van der Waals surface area contributed by atoms with E-state index in [0.29, 0.717) is 13.2 Å². The van der Waals surface area contributed by atoms with E-state index in [0.717, 1.165) is 18.2 Å². The smallest absolute Gasteiger partial charge is 0.270 e. The van der Waals surface area contributed by atoms with Crippen molar-refractivity contribution in [2.45, 2.75) is 19.1 Å². The molecule has 0 spiro atoms. The maximum absolute atomic E-state index is 13.8. The average molecular weight is 297 g/mol. The number of carbonyl (C=O) groups is 1. The van der Waals surface area contributed by atoms with E-state index in [9.17, 15) is 19.3 Å². The molecule has 0 aromatic heterocycles. The van der Waals surface area contributed by atoms with Crippen molar-refractivity contribution in [2.24, 2.45) is 5.73 Å². The van der Waals surface area contributed by atoms with E-state index in [1.165, 1.54) is 4.90 Å². The molecule has 2 unspecified atom stereocenters. The number of nitro groups is 1. The van der Waals surface area contributed by atoms with Crippen molar-refractivity contribution in [3.8, 4) is 0 Å². The lowest BCUT2D eigenvalue weighted by Gasteiger charge is -2.34. The van der Waals surface area contributed by atoms with Crippen molar-refractivity contribution in [3.63, 3.8) is 0 Å². The van der Waals surface area contributed by atoms with Crippen LogP contribution in [0.15, 0.2) is 18.2 Å². The summed E-state index contributed by atoms with van der Waals surface area (Å²) in [5.74, 6) is -1.38. The average Bonchev–Trinajstić information content (AvgIpc) is 2.47. The molecule has 1 aromatic rings. The first-order chi connectivity index (χ1) is 9.90. The quantitative estimate of drug-likeness (QED) is 0.660. The Morgan fingerprint density at radius 2 is 2.33 bits per heavy atom. The zero-order valence-corrected chi connectivity index (χ0v) is 11.5. The number of nitrogens with two attached hydrogens (primary N) is 1. The highest BCUT2D eigenvalue weighted by Crippen LogP contribution is 2.20. The van der Waals surface area contributed by atoms with E-state index in [1.807, 2.05) is 0 Å². The third-order valence-electron chi connectivity index (χ3n) is 3.36. The summed E-state index contributed by atoms with van der Waals surface area (Å²) >= 11 is 0. The van der Waals surface area contributed by atoms with E-state index < -0.39 is 16.6 Å². The molecule has 114 valence electrons. The van der Waals surface area contributed by atoms with Crippen molar-refractivity contribution in [3.05, 3.63) is 39.7 Å². The normalized spacial score (nSPS) is 20.1. The molecule has 1 aromatic carbocycles. The molecule has 1 aliphatic heterocycles. The molecule has 1 saturated heterocycles. The molecule has 2 rings (SSSR count). The molecule has 21 heavy (non-hydrogen) atoms. The van der Waals surface area contributed by atoms with Crippen molar-refractivity contribution in [1.29, 1.82) is 0 Å². The van der Waals surface area contributed by atoms with Crippen LogP contribution < -0.4 is 5.73 Å². The summed E-state index contributed by atoms with van der Waals surface area (Å²) in [5, 5.41) is 10.7. The van der Waals surface area contributed by atoms with Gasteiger partial charge in [0.1, 0.15) is 5.82 Å². The minimum absolute atomic E-state index is 0.235. The molecule has 1 fully saturated rings. The van der Waals surface area contributed by atoms with Gasteiger partial charge in [0.25, 0.3) is 11.6 Å². The fourth-order valence-electron chi connectivity index (χ4n) is 2.14. The summed E-state index contributed by atoms with van der Waals surface area (Å²) in [6, 6.07) is 2.63. The summed E-state index contributed by atoms with van der Waals surface area (Å²) < 4.78 is 19.2. The van der Waals surface area contributed by atoms with Crippen LogP contribution in [0.3, 0.4) is 0 Å². The Balaban J connectivity index is 2.23. The molecule has 1 amide bonds. The summed E-state index contributed by atoms with van der Waals surface area (Å²) in [7, 11) is 0. The molecule has 2 N–H and O–H groups in total. The second-order valence-corrected chi connectivity index (χ2v) is 4.94. The van der Waals surface area contributed by atoms with E-state index >= 15 is 0 Å². The predicted molar refractivity (Wildman–Crippen MR) is 72.3 cm³/mol. The summed E-state index contributed by atoms with van der Waals surface area (Å²) in [6.07, 6.45) is -0.329. The van der Waals surface area contributed by atoms with Crippen LogP contribution in [0, 0.1) is 15.9 Å². The maximum atomic E-state index is 13.8. The van der Waals surface area contributed by atoms with Crippen LogP contribution in [0.5, 0.6) is 0 Å². The van der Waals surface area contributed by atoms with Crippen LogP contribution in [0.25, 0.3) is 0 Å². The van der Waals surface area contributed by atoms with Gasteiger partial charge in [-0.3, -0.25) is 14.9 Å². The molecule has 0 bridgehead atoms. The summed E-state index contributed by atoms with van der Waals surface area (Å²) in [6.45, 7) is 2.59. The minimum Gasteiger partial charge on any atom is -0.373 e. The van der Waals surface area contributed by atoms with Gasteiger partial charge in [0.15, 0.2) is 0 Å². The molecule has 0 aliphatic carbocycles. The third-order valence-corrected chi connectivity index (χ3v) is 3.36. The van der Waals surface area contributed by atoms with Crippen molar-refractivity contribution in [2.75, 3.05) is 19.7 Å². The van der Waals surface area contributed by atoms with Crippen LogP contribution in [-0.4, -0.2) is 47.6 Å². The molecular weight excluding hydrogens is 281 g/mol. The topological polar surface area (TPSA) is 98.7 Å². The van der Waals surface area contributed by atoms with Gasteiger partial charge in [-0.2, -0.15) is 0 Å². The molecule has 0 saturated carbocycles. The monoisotopic (exact) mass is 297 g/mol. The molecule has 0 radical (unpaired) electrons. The molecule has 1 aliphatic rings. The zero-order valence-electron chi connectivity index (χ0n) is 11.5. The molecule has 8 heteroatoms.